The van der Waals surface area contributed by atoms with Gasteiger partial charge in [0, 0.05) is 28.7 Å². The van der Waals surface area contributed by atoms with E-state index >= 15 is 0 Å². The highest BCUT2D eigenvalue weighted by Crippen LogP contribution is 2.28. The van der Waals surface area contributed by atoms with Gasteiger partial charge in [0.2, 0.25) is 0 Å². The molecule has 1 aliphatic heterocycles. The second-order valence-corrected chi connectivity index (χ2v) is 6.83. The van der Waals surface area contributed by atoms with Crippen molar-refractivity contribution in [3.05, 3.63) is 45.8 Å². The Kier molecular flexibility index (Phi) is 3.12. The number of aromatic nitrogens is 2. The predicted octanol–water partition coefficient (Wildman–Crippen LogP) is 2.85. The number of aromatic amines is 1. The number of halogens is 1. The normalized spacial score (nSPS) is 14.3. The van der Waals surface area contributed by atoms with Crippen molar-refractivity contribution in [3.8, 4) is 0 Å². The Morgan fingerprint density at radius 2 is 2.30 bits per heavy atom. The summed E-state index contributed by atoms with van der Waals surface area (Å²) in [7, 11) is 0. The number of thiazole rings is 1. The first kappa shape index (κ1) is 14.2. The van der Waals surface area contributed by atoms with Gasteiger partial charge < -0.3 is 15.6 Å². The lowest BCUT2D eigenvalue weighted by molar-refractivity contribution is 0.0731. The van der Waals surface area contributed by atoms with Crippen LogP contribution in [0, 0.1) is 12.7 Å². The smallest absolute Gasteiger partial charge is 0.270 e. The zero-order valence-electron chi connectivity index (χ0n) is 12.5. The topological polar surface area (TPSA) is 75.0 Å². The maximum atomic E-state index is 13.7. The van der Waals surface area contributed by atoms with Crippen molar-refractivity contribution in [3.63, 3.8) is 0 Å². The lowest BCUT2D eigenvalue weighted by Gasteiger charge is -2.25. The SMILES string of the molecule is Cc1c(F)ccc2[nH]c(C(=O)N3CCc4nc(N)sc4C3)cc12. The molecule has 3 heterocycles. The molecule has 23 heavy (non-hydrogen) atoms. The average molecular weight is 330 g/mol. The second kappa shape index (κ2) is 5.06. The van der Waals surface area contributed by atoms with Crippen LogP contribution in [0.3, 0.4) is 0 Å². The van der Waals surface area contributed by atoms with Gasteiger partial charge in [0.05, 0.1) is 12.2 Å². The minimum Gasteiger partial charge on any atom is -0.375 e. The van der Waals surface area contributed by atoms with Gasteiger partial charge in [-0.1, -0.05) is 0 Å². The molecule has 0 saturated carbocycles. The van der Waals surface area contributed by atoms with Crippen molar-refractivity contribution in [1.29, 1.82) is 0 Å². The number of nitrogen functional groups attached to an aromatic ring is 1. The molecule has 1 amide bonds. The van der Waals surface area contributed by atoms with E-state index in [0.717, 1.165) is 21.5 Å². The summed E-state index contributed by atoms with van der Waals surface area (Å²) < 4.78 is 13.7. The molecule has 4 rings (SSSR count). The standard InChI is InChI=1S/C16H15FN4OS/c1-8-9-6-13(19-11(9)3-2-10(8)17)15(22)21-5-4-12-14(7-21)23-16(18)20-12/h2-3,6,19H,4-5,7H2,1H3,(H2,18,20). The van der Waals surface area contributed by atoms with E-state index in [9.17, 15) is 9.18 Å². The summed E-state index contributed by atoms with van der Waals surface area (Å²) in [4.78, 5) is 22.9. The van der Waals surface area contributed by atoms with Crippen LogP contribution in [0.15, 0.2) is 18.2 Å². The Labute approximate surface area is 135 Å². The summed E-state index contributed by atoms with van der Waals surface area (Å²) >= 11 is 1.43. The molecule has 2 aromatic heterocycles. The van der Waals surface area contributed by atoms with Gasteiger partial charge in [-0.15, -0.1) is 11.3 Å². The van der Waals surface area contributed by atoms with E-state index < -0.39 is 0 Å². The summed E-state index contributed by atoms with van der Waals surface area (Å²) in [6.07, 6.45) is 0.711. The monoisotopic (exact) mass is 330 g/mol. The predicted molar refractivity (Wildman–Crippen MR) is 88.0 cm³/mol. The molecule has 0 aliphatic carbocycles. The van der Waals surface area contributed by atoms with Crippen molar-refractivity contribution in [2.75, 3.05) is 12.3 Å². The van der Waals surface area contributed by atoms with Crippen LogP contribution in [-0.4, -0.2) is 27.3 Å². The Hall–Kier alpha value is -2.41. The number of benzene rings is 1. The average Bonchev–Trinajstić information content (AvgIpc) is 3.12. The zero-order chi connectivity index (χ0) is 16.1. The van der Waals surface area contributed by atoms with E-state index in [1.807, 2.05) is 0 Å². The van der Waals surface area contributed by atoms with Crippen molar-refractivity contribution in [1.82, 2.24) is 14.9 Å². The molecule has 0 bridgehead atoms. The number of nitrogens with two attached hydrogens (primary N) is 1. The highest BCUT2D eigenvalue weighted by atomic mass is 32.1. The Balaban J connectivity index is 1.66. The molecule has 0 unspecified atom stereocenters. The van der Waals surface area contributed by atoms with Crippen LogP contribution in [0.4, 0.5) is 9.52 Å². The molecule has 0 fully saturated rings. The first-order valence-electron chi connectivity index (χ1n) is 7.34. The van der Waals surface area contributed by atoms with Crippen LogP contribution in [-0.2, 0) is 13.0 Å². The fraction of sp³-hybridized carbons (Fsp3) is 0.250. The molecular weight excluding hydrogens is 315 g/mol. The molecule has 3 aromatic rings. The molecule has 0 atom stereocenters. The van der Waals surface area contributed by atoms with Crippen molar-refractivity contribution in [2.45, 2.75) is 19.9 Å². The first-order valence-corrected chi connectivity index (χ1v) is 8.15. The molecule has 1 aromatic carbocycles. The molecule has 5 nitrogen and oxygen atoms in total. The number of nitrogens with one attached hydrogen (secondary N) is 1. The molecule has 1 aliphatic rings. The molecule has 3 N–H and O–H groups in total. The molecule has 0 radical (unpaired) electrons. The molecule has 7 heteroatoms. The van der Waals surface area contributed by atoms with Crippen molar-refractivity contribution < 1.29 is 9.18 Å². The number of rotatable bonds is 1. The molecular formula is C16H15FN4OS. The van der Waals surface area contributed by atoms with Crippen LogP contribution in [0.5, 0.6) is 0 Å². The van der Waals surface area contributed by atoms with E-state index in [-0.39, 0.29) is 11.7 Å². The van der Waals surface area contributed by atoms with Crippen molar-refractivity contribution in [2.24, 2.45) is 0 Å². The van der Waals surface area contributed by atoms with Gasteiger partial charge in [-0.2, -0.15) is 0 Å². The summed E-state index contributed by atoms with van der Waals surface area (Å²) in [6.45, 7) is 2.84. The van der Waals surface area contributed by atoms with Crippen molar-refractivity contribution >= 4 is 33.3 Å². The fourth-order valence-corrected chi connectivity index (χ4v) is 3.89. The molecule has 0 saturated heterocycles. The third kappa shape index (κ3) is 2.28. The van der Waals surface area contributed by atoms with E-state index in [1.54, 1.807) is 24.0 Å². The third-order valence-electron chi connectivity index (χ3n) is 4.27. The number of hydrogen-bond acceptors (Lipinski definition) is 4. The van der Waals surface area contributed by atoms with E-state index in [1.165, 1.54) is 17.4 Å². The quantitative estimate of drug-likeness (QED) is 0.720. The largest absolute Gasteiger partial charge is 0.375 e. The minimum atomic E-state index is -0.266. The lowest BCUT2D eigenvalue weighted by Crippen LogP contribution is -2.35. The highest BCUT2D eigenvalue weighted by molar-refractivity contribution is 7.15. The Morgan fingerprint density at radius 1 is 1.48 bits per heavy atom. The van der Waals surface area contributed by atoms with Gasteiger partial charge in [-0.3, -0.25) is 4.79 Å². The van der Waals surface area contributed by atoms with Crippen LogP contribution >= 0.6 is 11.3 Å². The maximum Gasteiger partial charge on any atom is 0.270 e. The van der Waals surface area contributed by atoms with Gasteiger partial charge in [0.15, 0.2) is 5.13 Å². The zero-order valence-corrected chi connectivity index (χ0v) is 13.3. The Morgan fingerprint density at radius 3 is 3.13 bits per heavy atom. The molecule has 0 spiro atoms. The first-order chi connectivity index (χ1) is 11.0. The van der Waals surface area contributed by atoms with E-state index in [4.69, 9.17) is 5.73 Å². The Bertz CT molecular complexity index is 930. The number of anilines is 1. The van der Waals surface area contributed by atoms with Crippen LogP contribution in [0.2, 0.25) is 0 Å². The summed E-state index contributed by atoms with van der Waals surface area (Å²) in [5.74, 6) is -0.350. The van der Waals surface area contributed by atoms with E-state index in [0.29, 0.717) is 35.9 Å². The van der Waals surface area contributed by atoms with Gasteiger partial charge >= 0.3 is 0 Å². The van der Waals surface area contributed by atoms with Crippen LogP contribution in [0.1, 0.15) is 26.6 Å². The number of H-pyrrole nitrogens is 1. The minimum absolute atomic E-state index is 0.0846. The highest BCUT2D eigenvalue weighted by Gasteiger charge is 2.25. The lowest BCUT2D eigenvalue weighted by atomic mass is 10.1. The number of nitrogens with zero attached hydrogens (tertiary/aromatic N) is 2. The molecule has 118 valence electrons. The number of aryl methyl sites for hydroxylation is 1. The van der Waals surface area contributed by atoms with Gasteiger partial charge in [-0.05, 0) is 30.7 Å². The number of hydrogen-bond donors (Lipinski definition) is 2. The van der Waals surface area contributed by atoms with Gasteiger partial charge in [0.1, 0.15) is 11.5 Å². The van der Waals surface area contributed by atoms with Gasteiger partial charge in [0.25, 0.3) is 5.91 Å². The third-order valence-corrected chi connectivity index (χ3v) is 5.18. The van der Waals surface area contributed by atoms with Gasteiger partial charge in [-0.25, -0.2) is 9.37 Å². The second-order valence-electron chi connectivity index (χ2n) is 5.72. The summed E-state index contributed by atoms with van der Waals surface area (Å²) in [5, 5.41) is 1.29. The van der Waals surface area contributed by atoms with Crippen LogP contribution < -0.4 is 5.73 Å². The maximum absolute atomic E-state index is 13.7. The number of amides is 1. The van der Waals surface area contributed by atoms with Crippen LogP contribution in [0.25, 0.3) is 10.9 Å². The summed E-state index contributed by atoms with van der Waals surface area (Å²) in [6, 6.07) is 4.80. The number of carbonyl (C=O) groups excluding carboxylic acids is 1. The van der Waals surface area contributed by atoms with E-state index in [2.05, 4.69) is 9.97 Å². The number of carbonyl (C=O) groups is 1. The fourth-order valence-electron chi connectivity index (χ4n) is 3.00. The summed E-state index contributed by atoms with van der Waals surface area (Å²) in [5.41, 5.74) is 8.53. The number of fused-ring (bicyclic) bond motifs is 2.